The summed E-state index contributed by atoms with van der Waals surface area (Å²) >= 11 is 0. The predicted molar refractivity (Wildman–Crippen MR) is 142 cm³/mol. The van der Waals surface area contributed by atoms with Crippen molar-refractivity contribution in [2.75, 3.05) is 40.9 Å². The average Bonchev–Trinajstić information content (AvgIpc) is 3.27. The van der Waals surface area contributed by atoms with E-state index >= 15 is 0 Å². The van der Waals surface area contributed by atoms with Gasteiger partial charge in [0.05, 0.1) is 6.42 Å². The van der Waals surface area contributed by atoms with Crippen LogP contribution in [0.25, 0.3) is 0 Å². The first kappa shape index (κ1) is 24.2. The number of amides is 3. The van der Waals surface area contributed by atoms with Crippen molar-refractivity contribution >= 4 is 46.5 Å². The summed E-state index contributed by atoms with van der Waals surface area (Å²) in [5.41, 5.74) is 3.41. The SMILES string of the molecule is CC(=O)N1CCC(CNc2ccnc(Nc3cccc(NC(=O)c4ccc5c(c4)CC(=O)N5)c3)n2)CC1. The van der Waals surface area contributed by atoms with E-state index < -0.39 is 0 Å². The number of rotatable bonds is 7. The second-order valence-electron chi connectivity index (χ2n) is 9.35. The maximum Gasteiger partial charge on any atom is 0.255 e. The van der Waals surface area contributed by atoms with Gasteiger partial charge in [-0.05, 0) is 66.8 Å². The van der Waals surface area contributed by atoms with Crippen LogP contribution < -0.4 is 21.3 Å². The van der Waals surface area contributed by atoms with E-state index in [1.165, 1.54) is 0 Å². The highest BCUT2D eigenvalue weighted by molar-refractivity contribution is 6.06. The van der Waals surface area contributed by atoms with Crippen LogP contribution >= 0.6 is 0 Å². The summed E-state index contributed by atoms with van der Waals surface area (Å²) in [5, 5.41) is 12.2. The number of carbonyl (C=O) groups is 3. The summed E-state index contributed by atoms with van der Waals surface area (Å²) in [6.45, 7) is 4.01. The Kier molecular flexibility index (Phi) is 6.98. The summed E-state index contributed by atoms with van der Waals surface area (Å²) in [6, 6.07) is 14.3. The van der Waals surface area contributed by atoms with Gasteiger partial charge in [-0.15, -0.1) is 0 Å². The molecule has 0 radical (unpaired) electrons. The number of nitrogens with zero attached hydrogens (tertiary/aromatic N) is 3. The van der Waals surface area contributed by atoms with E-state index in [4.69, 9.17) is 0 Å². The van der Waals surface area contributed by atoms with Gasteiger partial charge in [-0.1, -0.05) is 6.07 Å². The molecule has 3 amide bonds. The molecule has 190 valence electrons. The van der Waals surface area contributed by atoms with Gasteiger partial charge in [0.25, 0.3) is 5.91 Å². The zero-order valence-electron chi connectivity index (χ0n) is 20.6. The van der Waals surface area contributed by atoms with Gasteiger partial charge in [-0.3, -0.25) is 14.4 Å². The lowest BCUT2D eigenvalue weighted by Gasteiger charge is -2.31. The lowest BCUT2D eigenvalue weighted by molar-refractivity contribution is -0.130. The molecule has 1 aromatic heterocycles. The molecule has 3 aromatic rings. The van der Waals surface area contributed by atoms with Gasteiger partial charge >= 0.3 is 0 Å². The standard InChI is InChI=1S/C27H29N7O3/c1-17(35)34-11-8-18(9-12-34)16-29-24-7-10-28-27(33-24)31-22-4-2-3-21(15-22)30-26(37)19-5-6-23-20(13-19)14-25(36)32-23/h2-7,10,13,15,18H,8-9,11-12,14,16H2,1H3,(H,30,37)(H,32,36)(H2,28,29,31,33). The molecule has 1 fully saturated rings. The largest absolute Gasteiger partial charge is 0.370 e. The number of nitrogens with one attached hydrogen (secondary N) is 4. The smallest absolute Gasteiger partial charge is 0.255 e. The Morgan fingerprint density at radius 3 is 2.70 bits per heavy atom. The molecule has 1 saturated heterocycles. The third kappa shape index (κ3) is 6.03. The van der Waals surface area contributed by atoms with Crippen molar-refractivity contribution in [2.24, 2.45) is 5.92 Å². The van der Waals surface area contributed by atoms with Crippen LogP contribution in [0, 0.1) is 5.92 Å². The van der Waals surface area contributed by atoms with Crippen molar-refractivity contribution in [1.29, 1.82) is 0 Å². The predicted octanol–water partition coefficient (Wildman–Crippen LogP) is 3.64. The van der Waals surface area contributed by atoms with Crippen LogP contribution in [0.3, 0.4) is 0 Å². The van der Waals surface area contributed by atoms with Crippen LogP contribution in [0.4, 0.5) is 28.8 Å². The van der Waals surface area contributed by atoms with Crippen LogP contribution in [0.5, 0.6) is 0 Å². The van der Waals surface area contributed by atoms with E-state index in [1.807, 2.05) is 29.2 Å². The van der Waals surface area contributed by atoms with Crippen LogP contribution in [-0.2, 0) is 16.0 Å². The fourth-order valence-electron chi connectivity index (χ4n) is 4.60. The summed E-state index contributed by atoms with van der Waals surface area (Å²) in [6.07, 6.45) is 3.92. The molecule has 0 saturated carbocycles. The molecule has 0 aliphatic carbocycles. The highest BCUT2D eigenvalue weighted by Gasteiger charge is 2.21. The number of fused-ring (bicyclic) bond motifs is 1. The second-order valence-corrected chi connectivity index (χ2v) is 9.35. The highest BCUT2D eigenvalue weighted by Crippen LogP contribution is 2.25. The van der Waals surface area contributed by atoms with E-state index in [0.29, 0.717) is 23.1 Å². The Bertz CT molecular complexity index is 1340. The van der Waals surface area contributed by atoms with Crippen LogP contribution in [-0.4, -0.2) is 52.2 Å². The Balaban J connectivity index is 1.17. The molecular weight excluding hydrogens is 470 g/mol. The Labute approximate surface area is 214 Å². The molecule has 10 heteroatoms. The van der Waals surface area contributed by atoms with E-state index in [9.17, 15) is 14.4 Å². The molecule has 2 aliphatic rings. The van der Waals surface area contributed by atoms with Gasteiger partial charge in [0.2, 0.25) is 17.8 Å². The third-order valence-corrected chi connectivity index (χ3v) is 6.66. The van der Waals surface area contributed by atoms with E-state index in [2.05, 4.69) is 31.2 Å². The first-order valence-corrected chi connectivity index (χ1v) is 12.4. The Hall–Kier alpha value is -4.47. The quantitative estimate of drug-likeness (QED) is 0.391. The number of likely N-dealkylation sites (tertiary alicyclic amines) is 1. The van der Waals surface area contributed by atoms with Crippen LogP contribution in [0.1, 0.15) is 35.7 Å². The average molecular weight is 500 g/mol. The summed E-state index contributed by atoms with van der Waals surface area (Å²) < 4.78 is 0. The van der Waals surface area contributed by atoms with E-state index in [0.717, 1.165) is 55.2 Å². The van der Waals surface area contributed by atoms with E-state index in [1.54, 1.807) is 37.4 Å². The van der Waals surface area contributed by atoms with Gasteiger partial charge in [0.1, 0.15) is 5.82 Å². The molecule has 0 atom stereocenters. The van der Waals surface area contributed by atoms with Crippen molar-refractivity contribution in [2.45, 2.75) is 26.2 Å². The van der Waals surface area contributed by atoms with Gasteiger partial charge < -0.3 is 26.2 Å². The molecule has 5 rings (SSSR count). The van der Waals surface area contributed by atoms with Crippen molar-refractivity contribution in [3.63, 3.8) is 0 Å². The van der Waals surface area contributed by atoms with Crippen molar-refractivity contribution in [3.8, 4) is 0 Å². The fraction of sp³-hybridized carbons (Fsp3) is 0.296. The molecule has 2 aliphatic heterocycles. The third-order valence-electron chi connectivity index (χ3n) is 6.66. The molecule has 2 aromatic carbocycles. The maximum atomic E-state index is 12.8. The normalized spacial score (nSPS) is 15.1. The molecular formula is C27H29N7O3. The summed E-state index contributed by atoms with van der Waals surface area (Å²) in [7, 11) is 0. The maximum absolute atomic E-state index is 12.8. The number of anilines is 5. The molecule has 0 spiro atoms. The lowest BCUT2D eigenvalue weighted by atomic mass is 9.97. The van der Waals surface area contributed by atoms with E-state index in [-0.39, 0.29) is 24.1 Å². The van der Waals surface area contributed by atoms with Crippen molar-refractivity contribution in [1.82, 2.24) is 14.9 Å². The Morgan fingerprint density at radius 1 is 1.08 bits per heavy atom. The number of hydrogen-bond acceptors (Lipinski definition) is 7. The zero-order chi connectivity index (χ0) is 25.8. The number of benzene rings is 2. The van der Waals surface area contributed by atoms with Crippen molar-refractivity contribution in [3.05, 3.63) is 65.9 Å². The lowest BCUT2D eigenvalue weighted by Crippen LogP contribution is -2.38. The first-order valence-electron chi connectivity index (χ1n) is 12.4. The number of hydrogen-bond donors (Lipinski definition) is 4. The minimum Gasteiger partial charge on any atom is -0.370 e. The topological polar surface area (TPSA) is 128 Å². The molecule has 3 heterocycles. The van der Waals surface area contributed by atoms with Gasteiger partial charge in [0.15, 0.2) is 0 Å². The number of aromatic nitrogens is 2. The number of piperidine rings is 1. The van der Waals surface area contributed by atoms with Crippen molar-refractivity contribution < 1.29 is 14.4 Å². The monoisotopic (exact) mass is 499 g/mol. The zero-order valence-corrected chi connectivity index (χ0v) is 20.6. The molecule has 4 N–H and O–H groups in total. The van der Waals surface area contributed by atoms with Gasteiger partial charge in [0, 0.05) is 55.4 Å². The minimum atomic E-state index is -0.254. The van der Waals surface area contributed by atoms with Gasteiger partial charge in [-0.2, -0.15) is 4.98 Å². The van der Waals surface area contributed by atoms with Crippen LogP contribution in [0.2, 0.25) is 0 Å². The highest BCUT2D eigenvalue weighted by atomic mass is 16.2. The minimum absolute atomic E-state index is 0.0668. The molecule has 10 nitrogen and oxygen atoms in total. The summed E-state index contributed by atoms with van der Waals surface area (Å²) in [5.74, 6) is 1.47. The number of carbonyl (C=O) groups excluding carboxylic acids is 3. The Morgan fingerprint density at radius 2 is 1.89 bits per heavy atom. The molecule has 0 bridgehead atoms. The van der Waals surface area contributed by atoms with Gasteiger partial charge in [-0.25, -0.2) is 4.98 Å². The first-order chi connectivity index (χ1) is 17.9. The summed E-state index contributed by atoms with van der Waals surface area (Å²) in [4.78, 5) is 46.6. The van der Waals surface area contributed by atoms with Crippen LogP contribution in [0.15, 0.2) is 54.7 Å². The molecule has 0 unspecified atom stereocenters. The molecule has 37 heavy (non-hydrogen) atoms. The fourth-order valence-corrected chi connectivity index (χ4v) is 4.60. The second kappa shape index (κ2) is 10.7.